The summed E-state index contributed by atoms with van der Waals surface area (Å²) in [6, 6.07) is 1.04. The Morgan fingerprint density at radius 3 is 2.68 bits per heavy atom. The summed E-state index contributed by atoms with van der Waals surface area (Å²) in [5.74, 6) is 0.974. The van der Waals surface area contributed by atoms with Gasteiger partial charge in [0.25, 0.3) is 0 Å². The Kier molecular flexibility index (Phi) is 3.79. The van der Waals surface area contributed by atoms with Gasteiger partial charge in [-0.1, -0.05) is 13.3 Å². The largest absolute Gasteiger partial charge is 0.393 e. The van der Waals surface area contributed by atoms with Crippen molar-refractivity contribution in [3.63, 3.8) is 0 Å². The Bertz CT molecular complexity index is 407. The van der Waals surface area contributed by atoms with Crippen molar-refractivity contribution < 1.29 is 5.11 Å². The van der Waals surface area contributed by atoms with E-state index in [1.165, 1.54) is 12.8 Å². The lowest BCUT2D eigenvalue weighted by molar-refractivity contribution is 0.0289. The molecule has 6 nitrogen and oxygen atoms in total. The predicted octanol–water partition coefficient (Wildman–Crippen LogP) is 0.961. The van der Waals surface area contributed by atoms with Gasteiger partial charge < -0.3 is 5.11 Å². The Labute approximate surface area is 113 Å². The van der Waals surface area contributed by atoms with Gasteiger partial charge in [0.05, 0.1) is 12.6 Å². The Hall–Kier alpha value is -1.01. The second-order valence-electron chi connectivity index (χ2n) is 5.85. The average molecular weight is 265 g/mol. The SMILES string of the molecule is CCCCn1nnnc1CN1C2CCC1CC(O)C2. The van der Waals surface area contributed by atoms with Crippen LogP contribution in [-0.4, -0.2) is 48.4 Å². The lowest BCUT2D eigenvalue weighted by Gasteiger charge is -2.36. The summed E-state index contributed by atoms with van der Waals surface area (Å²) in [6.45, 7) is 3.92. The number of unbranched alkanes of at least 4 members (excludes halogenated alkanes) is 1. The average Bonchev–Trinajstić information content (AvgIpc) is 2.92. The third-order valence-corrected chi connectivity index (χ3v) is 4.51. The van der Waals surface area contributed by atoms with E-state index in [9.17, 15) is 5.11 Å². The zero-order valence-corrected chi connectivity index (χ0v) is 11.6. The van der Waals surface area contributed by atoms with Crippen LogP contribution in [0.15, 0.2) is 0 Å². The molecule has 6 heteroatoms. The molecule has 0 spiro atoms. The molecule has 0 aliphatic carbocycles. The van der Waals surface area contributed by atoms with Crippen molar-refractivity contribution >= 4 is 0 Å². The molecule has 2 aliphatic rings. The summed E-state index contributed by atoms with van der Waals surface area (Å²) in [5, 5.41) is 21.9. The molecule has 1 aromatic heterocycles. The number of aromatic nitrogens is 4. The molecule has 2 fully saturated rings. The molecule has 106 valence electrons. The number of aliphatic hydroxyl groups excluding tert-OH is 1. The number of tetrazole rings is 1. The molecule has 0 amide bonds. The fourth-order valence-corrected chi connectivity index (χ4v) is 3.48. The van der Waals surface area contributed by atoms with Crippen molar-refractivity contribution in [2.45, 2.75) is 76.7 Å². The minimum absolute atomic E-state index is 0.107. The number of rotatable bonds is 5. The molecule has 2 atom stereocenters. The van der Waals surface area contributed by atoms with E-state index in [2.05, 4.69) is 27.3 Å². The molecule has 2 bridgehead atoms. The third-order valence-electron chi connectivity index (χ3n) is 4.51. The minimum Gasteiger partial charge on any atom is -0.393 e. The van der Waals surface area contributed by atoms with Gasteiger partial charge in [-0.3, -0.25) is 4.90 Å². The van der Waals surface area contributed by atoms with Crippen LogP contribution in [0.3, 0.4) is 0 Å². The van der Waals surface area contributed by atoms with E-state index in [1.807, 2.05) is 4.68 Å². The van der Waals surface area contributed by atoms with Crippen LogP contribution < -0.4 is 0 Å². The molecule has 19 heavy (non-hydrogen) atoms. The summed E-state index contributed by atoms with van der Waals surface area (Å²) in [4.78, 5) is 2.50. The molecule has 2 saturated heterocycles. The molecular weight excluding hydrogens is 242 g/mol. The van der Waals surface area contributed by atoms with E-state index in [1.54, 1.807) is 0 Å². The normalized spacial score (nSPS) is 30.9. The first-order valence-electron chi connectivity index (χ1n) is 7.46. The molecule has 0 aromatic carbocycles. The number of aryl methyl sites for hydroxylation is 1. The molecule has 2 unspecified atom stereocenters. The Morgan fingerprint density at radius 2 is 2.00 bits per heavy atom. The summed E-state index contributed by atoms with van der Waals surface area (Å²) >= 11 is 0. The second-order valence-corrected chi connectivity index (χ2v) is 5.85. The summed E-state index contributed by atoms with van der Waals surface area (Å²) < 4.78 is 1.94. The third kappa shape index (κ3) is 2.65. The van der Waals surface area contributed by atoms with E-state index in [4.69, 9.17) is 0 Å². The number of piperidine rings is 1. The van der Waals surface area contributed by atoms with E-state index < -0.39 is 0 Å². The summed E-state index contributed by atoms with van der Waals surface area (Å²) in [6.07, 6.45) is 6.39. The van der Waals surface area contributed by atoms with Crippen LogP contribution in [0.2, 0.25) is 0 Å². The second kappa shape index (κ2) is 5.54. The van der Waals surface area contributed by atoms with Gasteiger partial charge >= 0.3 is 0 Å². The van der Waals surface area contributed by atoms with Crippen LogP contribution in [0.1, 0.15) is 51.3 Å². The highest BCUT2D eigenvalue weighted by molar-refractivity contribution is 4.97. The molecule has 0 radical (unpaired) electrons. The van der Waals surface area contributed by atoms with Gasteiger partial charge in [0, 0.05) is 18.6 Å². The smallest absolute Gasteiger partial charge is 0.165 e. The van der Waals surface area contributed by atoms with Gasteiger partial charge in [-0.2, -0.15) is 0 Å². The highest BCUT2D eigenvalue weighted by atomic mass is 16.3. The van der Waals surface area contributed by atoms with Crippen LogP contribution in [0.5, 0.6) is 0 Å². The number of fused-ring (bicyclic) bond motifs is 2. The van der Waals surface area contributed by atoms with Crippen molar-refractivity contribution in [3.8, 4) is 0 Å². The van der Waals surface area contributed by atoms with Crippen LogP contribution in [-0.2, 0) is 13.1 Å². The number of hydrogen-bond donors (Lipinski definition) is 1. The highest BCUT2D eigenvalue weighted by Crippen LogP contribution is 2.36. The molecule has 1 N–H and O–H groups in total. The molecule has 1 aromatic rings. The lowest BCUT2D eigenvalue weighted by atomic mass is 10.00. The zero-order chi connectivity index (χ0) is 13.2. The standard InChI is InChI=1S/C13H23N5O/c1-2-3-6-18-13(14-15-16-18)9-17-10-4-5-11(17)8-12(19)7-10/h10-12,19H,2-9H2,1H3. The van der Waals surface area contributed by atoms with Gasteiger partial charge in [-0.05, 0) is 42.5 Å². The molecular formula is C13H23N5O. The number of aliphatic hydroxyl groups is 1. The van der Waals surface area contributed by atoms with Crippen molar-refractivity contribution in [3.05, 3.63) is 5.82 Å². The quantitative estimate of drug-likeness (QED) is 0.859. The maximum absolute atomic E-state index is 9.83. The predicted molar refractivity (Wildman–Crippen MR) is 70.3 cm³/mol. The topological polar surface area (TPSA) is 67.1 Å². The monoisotopic (exact) mass is 265 g/mol. The maximum atomic E-state index is 9.83. The fraction of sp³-hybridized carbons (Fsp3) is 0.923. The van der Waals surface area contributed by atoms with E-state index in [0.717, 1.165) is 44.6 Å². The van der Waals surface area contributed by atoms with Crippen molar-refractivity contribution in [1.82, 2.24) is 25.1 Å². The first-order valence-corrected chi connectivity index (χ1v) is 7.46. The first kappa shape index (κ1) is 13.0. The van der Waals surface area contributed by atoms with E-state index in [-0.39, 0.29) is 6.10 Å². The van der Waals surface area contributed by atoms with Gasteiger partial charge in [0.1, 0.15) is 0 Å². The van der Waals surface area contributed by atoms with Crippen LogP contribution in [0, 0.1) is 0 Å². The molecule has 0 saturated carbocycles. The van der Waals surface area contributed by atoms with Gasteiger partial charge in [-0.15, -0.1) is 5.10 Å². The molecule has 3 rings (SSSR count). The molecule has 3 heterocycles. The van der Waals surface area contributed by atoms with Crippen molar-refractivity contribution in [2.75, 3.05) is 0 Å². The van der Waals surface area contributed by atoms with Crippen molar-refractivity contribution in [1.29, 1.82) is 0 Å². The van der Waals surface area contributed by atoms with E-state index >= 15 is 0 Å². The number of nitrogens with zero attached hydrogens (tertiary/aromatic N) is 5. The Morgan fingerprint density at radius 1 is 1.26 bits per heavy atom. The van der Waals surface area contributed by atoms with Gasteiger partial charge in [0.15, 0.2) is 5.82 Å². The Balaban J connectivity index is 1.67. The highest BCUT2D eigenvalue weighted by Gasteiger charge is 2.40. The lowest BCUT2D eigenvalue weighted by Crippen LogP contribution is -2.44. The van der Waals surface area contributed by atoms with Crippen LogP contribution >= 0.6 is 0 Å². The summed E-state index contributed by atoms with van der Waals surface area (Å²) in [7, 11) is 0. The zero-order valence-electron chi connectivity index (χ0n) is 11.6. The van der Waals surface area contributed by atoms with Crippen LogP contribution in [0.25, 0.3) is 0 Å². The number of hydrogen-bond acceptors (Lipinski definition) is 5. The van der Waals surface area contributed by atoms with Crippen LogP contribution in [0.4, 0.5) is 0 Å². The van der Waals surface area contributed by atoms with Gasteiger partial charge in [0.2, 0.25) is 0 Å². The summed E-state index contributed by atoms with van der Waals surface area (Å²) in [5.41, 5.74) is 0. The van der Waals surface area contributed by atoms with Crippen molar-refractivity contribution in [2.24, 2.45) is 0 Å². The molecule has 2 aliphatic heterocycles. The fourth-order valence-electron chi connectivity index (χ4n) is 3.48. The minimum atomic E-state index is -0.107. The first-order chi connectivity index (χ1) is 9.28. The maximum Gasteiger partial charge on any atom is 0.165 e. The van der Waals surface area contributed by atoms with Gasteiger partial charge in [-0.25, -0.2) is 4.68 Å². The van der Waals surface area contributed by atoms with E-state index in [0.29, 0.717) is 12.1 Å².